The van der Waals surface area contributed by atoms with Crippen LogP contribution < -0.4 is 4.74 Å². The van der Waals surface area contributed by atoms with E-state index in [9.17, 15) is 9.59 Å². The average Bonchev–Trinajstić information content (AvgIpc) is 3.20. The van der Waals surface area contributed by atoms with Gasteiger partial charge in [0.25, 0.3) is 11.8 Å². The zero-order chi connectivity index (χ0) is 17.0. The number of ether oxygens (including phenoxy) is 1. The fourth-order valence-electron chi connectivity index (χ4n) is 3.97. The third kappa shape index (κ3) is 2.19. The van der Waals surface area contributed by atoms with Crippen molar-refractivity contribution in [2.75, 3.05) is 7.11 Å². The Morgan fingerprint density at radius 1 is 1.12 bits per heavy atom. The average molecular weight is 365 g/mol. The van der Waals surface area contributed by atoms with Crippen molar-refractivity contribution in [1.82, 2.24) is 5.01 Å². The summed E-state index contributed by atoms with van der Waals surface area (Å²) < 4.78 is 5.09. The van der Waals surface area contributed by atoms with Crippen molar-refractivity contribution in [3.63, 3.8) is 0 Å². The number of methoxy groups -OCH3 is 1. The lowest BCUT2D eigenvalue weighted by atomic mass is 9.85. The zero-order valence-electron chi connectivity index (χ0n) is 12.8. The second-order valence-corrected chi connectivity index (χ2v) is 7.06. The van der Waals surface area contributed by atoms with Gasteiger partial charge >= 0.3 is 0 Å². The molecule has 7 heteroatoms. The monoisotopic (exact) mass is 364 g/mol. The van der Waals surface area contributed by atoms with Gasteiger partial charge in [-0.05, 0) is 36.0 Å². The lowest BCUT2D eigenvalue weighted by Gasteiger charge is -2.13. The molecule has 0 spiro atoms. The Balaban J connectivity index is 1.59. The smallest absolute Gasteiger partial charge is 0.254 e. The van der Waals surface area contributed by atoms with E-state index in [2.05, 4.69) is 5.10 Å². The van der Waals surface area contributed by atoms with E-state index in [4.69, 9.17) is 27.9 Å². The molecule has 0 N–H and O–H groups in total. The van der Waals surface area contributed by atoms with Gasteiger partial charge in [0.05, 0.1) is 35.2 Å². The van der Waals surface area contributed by atoms with Crippen molar-refractivity contribution < 1.29 is 14.3 Å². The van der Waals surface area contributed by atoms with Crippen LogP contribution in [0.5, 0.6) is 5.75 Å². The van der Waals surface area contributed by atoms with E-state index in [0.717, 1.165) is 11.4 Å². The number of benzene rings is 1. The van der Waals surface area contributed by atoms with Crippen molar-refractivity contribution in [2.24, 2.45) is 28.8 Å². The highest BCUT2D eigenvalue weighted by molar-refractivity contribution is 6.37. The second kappa shape index (κ2) is 5.60. The predicted octanol–water partition coefficient (Wildman–Crippen LogP) is 3.14. The van der Waals surface area contributed by atoms with E-state index >= 15 is 0 Å². The van der Waals surface area contributed by atoms with Crippen LogP contribution in [0.1, 0.15) is 12.0 Å². The molecule has 4 unspecified atom stereocenters. The maximum atomic E-state index is 12.5. The molecule has 1 aromatic carbocycles. The molecule has 1 aliphatic heterocycles. The first-order valence-corrected chi connectivity index (χ1v) is 8.40. The molecule has 2 amide bonds. The molecule has 24 heavy (non-hydrogen) atoms. The van der Waals surface area contributed by atoms with Crippen molar-refractivity contribution >= 4 is 41.2 Å². The van der Waals surface area contributed by atoms with E-state index in [1.807, 2.05) is 12.2 Å². The summed E-state index contributed by atoms with van der Waals surface area (Å²) in [7, 11) is 1.48. The summed E-state index contributed by atoms with van der Waals surface area (Å²) >= 11 is 12.2. The van der Waals surface area contributed by atoms with Crippen LogP contribution in [-0.2, 0) is 9.59 Å². The SMILES string of the molecule is COc1c(Cl)cc(C=NN2C(=O)C3C4C=CC(C4)C3C2=O)cc1Cl. The van der Waals surface area contributed by atoms with Gasteiger partial charge in [-0.15, -0.1) is 0 Å². The molecule has 0 radical (unpaired) electrons. The lowest BCUT2D eigenvalue weighted by Crippen LogP contribution is -2.28. The van der Waals surface area contributed by atoms with Gasteiger partial charge in [0.15, 0.2) is 5.75 Å². The molecular weight excluding hydrogens is 351 g/mol. The van der Waals surface area contributed by atoms with Gasteiger partial charge in [-0.1, -0.05) is 35.4 Å². The zero-order valence-corrected chi connectivity index (χ0v) is 14.3. The number of fused-ring (bicyclic) bond motifs is 5. The molecule has 1 heterocycles. The summed E-state index contributed by atoms with van der Waals surface area (Å²) in [4.78, 5) is 25.1. The number of nitrogens with zero attached hydrogens (tertiary/aromatic N) is 2. The Morgan fingerprint density at radius 2 is 1.67 bits per heavy atom. The number of amides is 2. The van der Waals surface area contributed by atoms with Crippen molar-refractivity contribution in [1.29, 1.82) is 0 Å². The number of imide groups is 1. The molecule has 3 aliphatic rings. The van der Waals surface area contributed by atoms with Crippen LogP contribution >= 0.6 is 23.2 Å². The number of hydrogen-bond donors (Lipinski definition) is 0. The van der Waals surface area contributed by atoms with Gasteiger partial charge in [-0.2, -0.15) is 10.1 Å². The van der Waals surface area contributed by atoms with Crippen LogP contribution in [0.4, 0.5) is 0 Å². The molecule has 1 aromatic rings. The normalized spacial score (nSPS) is 30.7. The van der Waals surface area contributed by atoms with Crippen molar-refractivity contribution in [3.05, 3.63) is 39.9 Å². The second-order valence-electron chi connectivity index (χ2n) is 6.25. The maximum Gasteiger partial charge on any atom is 0.254 e. The molecule has 2 bridgehead atoms. The third-order valence-electron chi connectivity index (χ3n) is 4.99. The quantitative estimate of drug-likeness (QED) is 0.470. The standard InChI is InChI=1S/C17H14Cl2N2O3/c1-24-15-11(18)4-8(5-12(15)19)7-20-21-16(22)13-9-2-3-10(6-9)14(13)17(21)23/h2-5,7,9-10,13-14H,6H2,1H3. The number of hydrazone groups is 1. The topological polar surface area (TPSA) is 59.0 Å². The molecule has 2 aliphatic carbocycles. The lowest BCUT2D eigenvalue weighted by molar-refractivity contribution is -0.140. The molecule has 124 valence electrons. The van der Waals surface area contributed by atoms with Crippen LogP contribution in [0.2, 0.25) is 10.0 Å². The van der Waals surface area contributed by atoms with Gasteiger partial charge in [0.1, 0.15) is 0 Å². The van der Waals surface area contributed by atoms with Crippen LogP contribution in [0, 0.1) is 23.7 Å². The minimum Gasteiger partial charge on any atom is -0.494 e. The molecule has 0 aromatic heterocycles. The summed E-state index contributed by atoms with van der Waals surface area (Å²) in [5.41, 5.74) is 0.588. The van der Waals surface area contributed by atoms with Gasteiger partial charge in [0.2, 0.25) is 0 Å². The van der Waals surface area contributed by atoms with Crippen molar-refractivity contribution in [2.45, 2.75) is 6.42 Å². The van der Waals surface area contributed by atoms with E-state index in [0.29, 0.717) is 21.4 Å². The summed E-state index contributed by atoms with van der Waals surface area (Å²) in [6.45, 7) is 0. The molecule has 1 saturated heterocycles. The largest absolute Gasteiger partial charge is 0.494 e. The molecule has 1 saturated carbocycles. The van der Waals surface area contributed by atoms with Crippen LogP contribution in [0.25, 0.3) is 0 Å². The van der Waals surface area contributed by atoms with E-state index < -0.39 is 0 Å². The van der Waals surface area contributed by atoms with E-state index in [-0.39, 0.29) is 35.5 Å². The van der Waals surface area contributed by atoms with Gasteiger partial charge in [-0.25, -0.2) is 0 Å². The van der Waals surface area contributed by atoms with Gasteiger partial charge in [0, 0.05) is 0 Å². The Hall–Kier alpha value is -1.85. The van der Waals surface area contributed by atoms with Gasteiger partial charge in [-0.3, -0.25) is 9.59 Å². The van der Waals surface area contributed by atoms with Crippen LogP contribution in [0.15, 0.2) is 29.4 Å². The Morgan fingerprint density at radius 3 is 2.17 bits per heavy atom. The predicted molar refractivity (Wildman–Crippen MR) is 90.2 cm³/mol. The fraction of sp³-hybridized carbons (Fsp3) is 0.353. The highest BCUT2D eigenvalue weighted by Gasteiger charge is 2.59. The minimum absolute atomic E-state index is 0.168. The molecule has 4 rings (SSSR count). The van der Waals surface area contributed by atoms with Crippen LogP contribution in [-0.4, -0.2) is 30.1 Å². The van der Waals surface area contributed by atoms with E-state index in [1.54, 1.807) is 12.1 Å². The number of halogens is 2. The Labute approximate surface area is 148 Å². The van der Waals surface area contributed by atoms with Gasteiger partial charge < -0.3 is 4.74 Å². The number of carbonyl (C=O) groups is 2. The summed E-state index contributed by atoms with van der Waals surface area (Å²) in [6, 6.07) is 3.24. The molecular formula is C17H14Cl2N2O3. The van der Waals surface area contributed by atoms with E-state index in [1.165, 1.54) is 13.3 Å². The minimum atomic E-state index is -0.257. The molecule has 4 atom stereocenters. The summed E-state index contributed by atoms with van der Waals surface area (Å²) in [6.07, 6.45) is 6.41. The molecule has 2 fully saturated rings. The number of rotatable bonds is 3. The third-order valence-corrected chi connectivity index (χ3v) is 5.56. The highest BCUT2D eigenvalue weighted by atomic mass is 35.5. The summed E-state index contributed by atoms with van der Waals surface area (Å²) in [5.74, 6) is -0.239. The van der Waals surface area contributed by atoms with Crippen LogP contribution in [0.3, 0.4) is 0 Å². The molecule has 5 nitrogen and oxygen atoms in total. The number of hydrogen-bond acceptors (Lipinski definition) is 4. The Kier molecular flexibility index (Phi) is 3.66. The summed E-state index contributed by atoms with van der Waals surface area (Å²) in [5, 5.41) is 5.76. The fourth-order valence-corrected chi connectivity index (χ4v) is 4.63. The first-order chi connectivity index (χ1) is 11.5. The number of carbonyl (C=O) groups excluding carboxylic acids is 2. The Bertz CT molecular complexity index is 752. The first-order valence-electron chi connectivity index (χ1n) is 7.64. The maximum absolute atomic E-state index is 12.5. The first kappa shape index (κ1) is 15.7. The van der Waals surface area contributed by atoms with Crippen molar-refractivity contribution in [3.8, 4) is 5.75 Å². The number of allylic oxidation sites excluding steroid dienone is 2. The highest BCUT2D eigenvalue weighted by Crippen LogP contribution is 2.52.